The van der Waals surface area contributed by atoms with Crippen molar-refractivity contribution in [1.29, 1.82) is 0 Å². The highest BCUT2D eigenvalue weighted by Gasteiger charge is 2.33. The first kappa shape index (κ1) is 24.4. The van der Waals surface area contributed by atoms with E-state index in [4.69, 9.17) is 4.74 Å². The first-order valence-electron chi connectivity index (χ1n) is 10.0. The monoisotopic (exact) mass is 476 g/mol. The fourth-order valence-corrected chi connectivity index (χ4v) is 3.72. The van der Waals surface area contributed by atoms with E-state index in [-0.39, 0.29) is 18.0 Å². The van der Waals surface area contributed by atoms with Crippen LogP contribution in [0.25, 0.3) is 0 Å². The molecule has 0 aliphatic heterocycles. The number of nitrogens with one attached hydrogen (secondary N) is 1. The zero-order chi connectivity index (χ0) is 24.0. The zero-order valence-electron chi connectivity index (χ0n) is 18.1. The van der Waals surface area contributed by atoms with Gasteiger partial charge in [0.15, 0.2) is 11.0 Å². The lowest BCUT2D eigenvalue weighted by Gasteiger charge is -2.13. The molecule has 3 rings (SSSR count). The molecule has 0 atom stereocenters. The summed E-state index contributed by atoms with van der Waals surface area (Å²) in [5.74, 6) is 0.513. The lowest BCUT2D eigenvalue weighted by atomic mass is 10.1. The molecule has 0 aliphatic rings. The first-order chi connectivity index (χ1) is 15.7. The van der Waals surface area contributed by atoms with Crippen molar-refractivity contribution in [2.45, 2.75) is 38.3 Å². The number of hydrogen-bond acceptors (Lipinski definition) is 5. The van der Waals surface area contributed by atoms with Crippen LogP contribution in [-0.4, -0.2) is 26.4 Å². The van der Waals surface area contributed by atoms with Gasteiger partial charge in [-0.25, -0.2) is 0 Å². The Morgan fingerprint density at radius 2 is 1.94 bits per heavy atom. The molecule has 0 aliphatic carbocycles. The molecule has 0 fully saturated rings. The molecule has 6 nitrogen and oxygen atoms in total. The zero-order valence-corrected chi connectivity index (χ0v) is 19.0. The number of allylic oxidation sites excluding steroid dienone is 1. The number of ether oxygens (including phenoxy) is 1. The number of aromatic nitrogens is 3. The van der Waals surface area contributed by atoms with Crippen molar-refractivity contribution in [1.82, 2.24) is 14.8 Å². The van der Waals surface area contributed by atoms with Gasteiger partial charge in [0.2, 0.25) is 5.91 Å². The quantitative estimate of drug-likeness (QED) is 0.330. The molecular formula is C23H23F3N4O2S. The van der Waals surface area contributed by atoms with E-state index in [1.807, 2.05) is 32.0 Å². The van der Waals surface area contributed by atoms with Gasteiger partial charge >= 0.3 is 6.18 Å². The summed E-state index contributed by atoms with van der Waals surface area (Å²) in [6, 6.07) is 10.6. The molecule has 0 unspecified atom stereocenters. The number of carbonyl (C=O) groups excluding carboxylic acids is 1. The third kappa shape index (κ3) is 6.38. The second-order valence-electron chi connectivity index (χ2n) is 7.21. The number of amides is 1. The van der Waals surface area contributed by atoms with Crippen molar-refractivity contribution in [2.75, 3.05) is 11.1 Å². The van der Waals surface area contributed by atoms with Gasteiger partial charge in [0.25, 0.3) is 0 Å². The maximum atomic E-state index is 13.1. The number of rotatable bonds is 9. The lowest BCUT2D eigenvalue weighted by molar-refractivity contribution is -0.137. The van der Waals surface area contributed by atoms with Crippen LogP contribution in [0.15, 0.2) is 60.3 Å². The molecule has 0 bridgehead atoms. The molecule has 1 amide bonds. The van der Waals surface area contributed by atoms with Crippen molar-refractivity contribution in [3.8, 4) is 5.75 Å². The van der Waals surface area contributed by atoms with Gasteiger partial charge in [0, 0.05) is 6.54 Å². The number of alkyl halides is 3. The van der Waals surface area contributed by atoms with E-state index in [1.165, 1.54) is 18.2 Å². The highest BCUT2D eigenvalue weighted by molar-refractivity contribution is 7.99. The van der Waals surface area contributed by atoms with Crippen LogP contribution in [0.3, 0.4) is 0 Å². The van der Waals surface area contributed by atoms with Crippen LogP contribution in [0, 0.1) is 13.8 Å². The maximum absolute atomic E-state index is 13.1. The van der Waals surface area contributed by atoms with Crippen molar-refractivity contribution < 1.29 is 22.7 Å². The van der Waals surface area contributed by atoms with Gasteiger partial charge in [-0.1, -0.05) is 36.0 Å². The third-order valence-corrected chi connectivity index (χ3v) is 5.76. The van der Waals surface area contributed by atoms with Crippen LogP contribution >= 0.6 is 11.8 Å². The van der Waals surface area contributed by atoms with Crippen LogP contribution in [0.4, 0.5) is 18.9 Å². The summed E-state index contributed by atoms with van der Waals surface area (Å²) in [5.41, 5.74) is 1.08. The molecule has 0 saturated carbocycles. The first-order valence-corrected chi connectivity index (χ1v) is 11.0. The van der Waals surface area contributed by atoms with Gasteiger partial charge in [-0.05, 0) is 49.2 Å². The Labute approximate surface area is 193 Å². The summed E-state index contributed by atoms with van der Waals surface area (Å²) < 4.78 is 47.0. The molecule has 33 heavy (non-hydrogen) atoms. The number of carbonyl (C=O) groups is 1. The van der Waals surface area contributed by atoms with Gasteiger partial charge in [-0.15, -0.1) is 16.8 Å². The predicted molar refractivity (Wildman–Crippen MR) is 121 cm³/mol. The second-order valence-corrected chi connectivity index (χ2v) is 8.16. The summed E-state index contributed by atoms with van der Waals surface area (Å²) in [5, 5.41) is 11.0. The normalized spacial score (nSPS) is 11.3. The summed E-state index contributed by atoms with van der Waals surface area (Å²) in [6.45, 7) is 8.29. The van der Waals surface area contributed by atoms with E-state index < -0.39 is 17.6 Å². The van der Waals surface area contributed by atoms with Gasteiger partial charge in [-0.2, -0.15) is 13.2 Å². The number of benzene rings is 2. The average molecular weight is 477 g/mol. The van der Waals surface area contributed by atoms with Crippen molar-refractivity contribution in [3.05, 3.63) is 77.6 Å². The Hall–Kier alpha value is -3.27. The Balaban J connectivity index is 1.65. The topological polar surface area (TPSA) is 69.0 Å². The average Bonchev–Trinajstić information content (AvgIpc) is 3.14. The number of nitrogens with zero attached hydrogens (tertiary/aromatic N) is 3. The Bertz CT molecular complexity index is 1140. The van der Waals surface area contributed by atoms with Gasteiger partial charge in [0.1, 0.15) is 12.4 Å². The largest absolute Gasteiger partial charge is 0.486 e. The van der Waals surface area contributed by atoms with Crippen LogP contribution in [-0.2, 0) is 24.1 Å². The number of hydrogen-bond donors (Lipinski definition) is 1. The van der Waals surface area contributed by atoms with Crippen LogP contribution in [0.2, 0.25) is 0 Å². The Kier molecular flexibility index (Phi) is 7.80. The van der Waals surface area contributed by atoms with E-state index in [0.717, 1.165) is 29.0 Å². The van der Waals surface area contributed by atoms with Crippen LogP contribution in [0.5, 0.6) is 5.75 Å². The van der Waals surface area contributed by atoms with E-state index in [1.54, 1.807) is 10.6 Å². The smallest absolute Gasteiger partial charge is 0.418 e. The second kappa shape index (κ2) is 10.6. The number of para-hydroxylation sites is 1. The molecule has 1 N–H and O–H groups in total. The minimum atomic E-state index is -4.56. The highest BCUT2D eigenvalue weighted by Crippen LogP contribution is 2.34. The third-order valence-electron chi connectivity index (χ3n) is 4.79. The summed E-state index contributed by atoms with van der Waals surface area (Å²) in [7, 11) is 0. The fourth-order valence-electron chi connectivity index (χ4n) is 2.95. The number of halogens is 3. The standard InChI is InChI=1S/C23H23F3N4O2S/c1-4-11-30-20(13-32-17-10-9-15(2)16(3)12-17)28-29-22(30)33-14-21(31)27-19-8-6-5-7-18(19)23(24,25)26/h4-10,12H,1,11,13-14H2,2-3H3,(H,27,31). The molecule has 1 aromatic heterocycles. The van der Waals surface area contributed by atoms with E-state index in [0.29, 0.717) is 23.3 Å². The van der Waals surface area contributed by atoms with Crippen LogP contribution < -0.4 is 10.1 Å². The van der Waals surface area contributed by atoms with Gasteiger partial charge in [0.05, 0.1) is 17.0 Å². The number of thioether (sulfide) groups is 1. The fraction of sp³-hybridized carbons (Fsp3) is 0.261. The summed E-state index contributed by atoms with van der Waals surface area (Å²) in [4.78, 5) is 12.3. The molecule has 0 saturated heterocycles. The molecule has 10 heteroatoms. The minimum Gasteiger partial charge on any atom is -0.486 e. The Morgan fingerprint density at radius 3 is 2.64 bits per heavy atom. The van der Waals surface area contributed by atoms with E-state index in [2.05, 4.69) is 22.1 Å². The van der Waals surface area contributed by atoms with Gasteiger partial charge < -0.3 is 10.1 Å². The molecule has 1 heterocycles. The maximum Gasteiger partial charge on any atom is 0.418 e. The number of anilines is 1. The van der Waals surface area contributed by atoms with Crippen molar-refractivity contribution in [2.24, 2.45) is 0 Å². The molecule has 0 radical (unpaired) electrons. The summed E-state index contributed by atoms with van der Waals surface area (Å²) >= 11 is 1.07. The minimum absolute atomic E-state index is 0.139. The van der Waals surface area contributed by atoms with Gasteiger partial charge in [-0.3, -0.25) is 9.36 Å². The Morgan fingerprint density at radius 1 is 1.18 bits per heavy atom. The molecular weight excluding hydrogens is 453 g/mol. The summed E-state index contributed by atoms with van der Waals surface area (Å²) in [6.07, 6.45) is -2.90. The lowest BCUT2D eigenvalue weighted by Crippen LogP contribution is -2.18. The SMILES string of the molecule is C=CCn1c(COc2ccc(C)c(C)c2)nnc1SCC(=O)Nc1ccccc1C(F)(F)F. The molecule has 3 aromatic rings. The van der Waals surface area contributed by atoms with Crippen molar-refractivity contribution >= 4 is 23.4 Å². The number of aryl methyl sites for hydroxylation is 2. The highest BCUT2D eigenvalue weighted by atomic mass is 32.2. The van der Waals surface area contributed by atoms with E-state index >= 15 is 0 Å². The predicted octanol–water partition coefficient (Wildman–Crippen LogP) is 5.41. The molecule has 174 valence electrons. The molecule has 0 spiro atoms. The molecule has 2 aromatic carbocycles. The van der Waals surface area contributed by atoms with E-state index in [9.17, 15) is 18.0 Å². The van der Waals surface area contributed by atoms with Crippen LogP contribution in [0.1, 0.15) is 22.5 Å². The van der Waals surface area contributed by atoms with Crippen molar-refractivity contribution in [3.63, 3.8) is 0 Å².